The molecule has 28 heavy (non-hydrogen) atoms. The molecule has 0 unspecified atom stereocenters. The van der Waals surface area contributed by atoms with E-state index in [2.05, 4.69) is 6.92 Å². The molecular formula is C20H20O5S3. The monoisotopic (exact) mass is 436 g/mol. The van der Waals surface area contributed by atoms with E-state index in [9.17, 15) is 18.0 Å². The molecule has 148 valence electrons. The van der Waals surface area contributed by atoms with Gasteiger partial charge in [0, 0.05) is 32.0 Å². The minimum atomic E-state index is -4.01. The topological polar surface area (TPSA) is 88.5 Å². The summed E-state index contributed by atoms with van der Waals surface area (Å²) in [5.74, 6) is 0.612. The molecule has 0 amide bonds. The number of ketones is 2. The lowest BCUT2D eigenvalue weighted by molar-refractivity contribution is 0.0974. The molecule has 0 saturated heterocycles. The highest BCUT2D eigenvalue weighted by atomic mass is 32.2. The van der Waals surface area contributed by atoms with Crippen LogP contribution in [0.1, 0.15) is 51.6 Å². The molecule has 0 radical (unpaired) electrons. The summed E-state index contributed by atoms with van der Waals surface area (Å²) < 4.78 is 30.6. The second kappa shape index (κ2) is 8.82. The Balaban J connectivity index is 1.94. The Kier molecular flexibility index (Phi) is 6.65. The first kappa shape index (κ1) is 21.1. The standard InChI is InChI=1S/C20H20O5S3/c1-2-10-26-15-8-3-6-13-17(15)20(22)18-14(19(13)21)7-4-9-16(18)27-11-5-12-28(23,24)25/h3-4,6-9H,2,5,10-12H2,1H3,(H,23,24,25). The van der Waals surface area contributed by atoms with Crippen molar-refractivity contribution < 1.29 is 22.6 Å². The quantitative estimate of drug-likeness (QED) is 0.319. The fourth-order valence-electron chi connectivity index (χ4n) is 3.06. The van der Waals surface area contributed by atoms with Crippen molar-refractivity contribution in [2.45, 2.75) is 29.6 Å². The SMILES string of the molecule is CCCSc1cccc2c1C(=O)c1c(SCCCS(=O)(=O)O)cccc1C2=O. The molecule has 5 nitrogen and oxygen atoms in total. The third kappa shape index (κ3) is 4.51. The summed E-state index contributed by atoms with van der Waals surface area (Å²) in [5, 5.41) is 0. The van der Waals surface area contributed by atoms with Crippen molar-refractivity contribution in [3.63, 3.8) is 0 Å². The van der Waals surface area contributed by atoms with Gasteiger partial charge in [0.2, 0.25) is 0 Å². The molecule has 2 aromatic carbocycles. The molecule has 1 N–H and O–H groups in total. The predicted octanol–water partition coefficient (Wildman–Crippen LogP) is 4.33. The zero-order chi connectivity index (χ0) is 20.3. The molecule has 0 atom stereocenters. The zero-order valence-electron chi connectivity index (χ0n) is 15.3. The fourth-order valence-corrected chi connectivity index (χ4v) is 5.72. The number of carbonyl (C=O) groups excluding carboxylic acids is 2. The van der Waals surface area contributed by atoms with E-state index in [0.717, 1.165) is 17.1 Å². The zero-order valence-corrected chi connectivity index (χ0v) is 17.8. The van der Waals surface area contributed by atoms with Crippen LogP contribution >= 0.6 is 23.5 Å². The van der Waals surface area contributed by atoms with E-state index >= 15 is 0 Å². The van der Waals surface area contributed by atoms with Crippen molar-refractivity contribution in [2.75, 3.05) is 17.3 Å². The van der Waals surface area contributed by atoms with Gasteiger partial charge in [0.05, 0.1) is 5.75 Å². The number of fused-ring (bicyclic) bond motifs is 2. The molecular weight excluding hydrogens is 416 g/mol. The molecule has 0 heterocycles. The van der Waals surface area contributed by atoms with Crippen molar-refractivity contribution in [3.8, 4) is 0 Å². The van der Waals surface area contributed by atoms with Gasteiger partial charge in [0.25, 0.3) is 10.1 Å². The van der Waals surface area contributed by atoms with Crippen LogP contribution in [0.4, 0.5) is 0 Å². The number of hydrogen-bond acceptors (Lipinski definition) is 6. The molecule has 2 aromatic rings. The maximum absolute atomic E-state index is 13.3. The van der Waals surface area contributed by atoms with Crippen LogP contribution < -0.4 is 0 Å². The number of carbonyl (C=O) groups is 2. The molecule has 8 heteroatoms. The van der Waals surface area contributed by atoms with E-state index in [4.69, 9.17) is 4.55 Å². The summed E-state index contributed by atoms with van der Waals surface area (Å²) in [7, 11) is -4.01. The van der Waals surface area contributed by atoms with E-state index in [1.165, 1.54) is 11.8 Å². The number of thioether (sulfide) groups is 2. The lowest BCUT2D eigenvalue weighted by Gasteiger charge is -2.22. The van der Waals surface area contributed by atoms with Gasteiger partial charge in [0.15, 0.2) is 11.6 Å². The molecule has 3 rings (SSSR count). The minimum Gasteiger partial charge on any atom is -0.289 e. The minimum absolute atomic E-state index is 0.163. The van der Waals surface area contributed by atoms with Crippen LogP contribution in [0.5, 0.6) is 0 Å². The molecule has 0 fully saturated rings. The maximum atomic E-state index is 13.3. The van der Waals surface area contributed by atoms with Gasteiger partial charge in [-0.05, 0) is 36.5 Å². The second-order valence-electron chi connectivity index (χ2n) is 6.35. The van der Waals surface area contributed by atoms with E-state index in [1.807, 2.05) is 6.07 Å². The molecule has 0 aliphatic heterocycles. The van der Waals surface area contributed by atoms with Crippen molar-refractivity contribution >= 4 is 45.2 Å². The smallest absolute Gasteiger partial charge is 0.264 e. The Hall–Kier alpha value is -1.61. The van der Waals surface area contributed by atoms with Gasteiger partial charge in [0.1, 0.15) is 0 Å². The van der Waals surface area contributed by atoms with E-state index < -0.39 is 10.1 Å². The molecule has 0 bridgehead atoms. The third-order valence-electron chi connectivity index (χ3n) is 4.26. The highest BCUT2D eigenvalue weighted by molar-refractivity contribution is 7.99. The summed E-state index contributed by atoms with van der Waals surface area (Å²) >= 11 is 2.90. The molecule has 1 aliphatic rings. The number of rotatable bonds is 8. The van der Waals surface area contributed by atoms with E-state index in [0.29, 0.717) is 32.9 Å². The Morgan fingerprint density at radius 1 is 0.857 bits per heavy atom. The van der Waals surface area contributed by atoms with Gasteiger partial charge >= 0.3 is 0 Å². The Bertz CT molecular complexity index is 1030. The van der Waals surface area contributed by atoms with Crippen LogP contribution in [0.25, 0.3) is 0 Å². The van der Waals surface area contributed by atoms with Gasteiger partial charge in [-0.3, -0.25) is 14.1 Å². The van der Waals surface area contributed by atoms with Crippen LogP contribution in [0.3, 0.4) is 0 Å². The van der Waals surface area contributed by atoms with Gasteiger partial charge < -0.3 is 0 Å². The summed E-state index contributed by atoms with van der Waals surface area (Å²) in [5.41, 5.74) is 1.67. The summed E-state index contributed by atoms with van der Waals surface area (Å²) in [6.07, 6.45) is 1.21. The third-order valence-corrected chi connectivity index (χ3v) is 7.47. The van der Waals surface area contributed by atoms with Crippen molar-refractivity contribution in [1.82, 2.24) is 0 Å². The van der Waals surface area contributed by atoms with Crippen LogP contribution in [-0.2, 0) is 10.1 Å². The Morgan fingerprint density at radius 3 is 1.89 bits per heavy atom. The Labute approximate surface area is 173 Å². The van der Waals surface area contributed by atoms with Gasteiger partial charge in [-0.2, -0.15) is 8.42 Å². The van der Waals surface area contributed by atoms with E-state index in [-0.39, 0.29) is 23.7 Å². The average Bonchev–Trinajstić information content (AvgIpc) is 2.66. The first-order chi connectivity index (χ1) is 13.3. The number of hydrogen-bond donors (Lipinski definition) is 1. The highest BCUT2D eigenvalue weighted by Gasteiger charge is 2.33. The molecule has 0 aromatic heterocycles. The van der Waals surface area contributed by atoms with Gasteiger partial charge in [-0.15, -0.1) is 23.5 Å². The maximum Gasteiger partial charge on any atom is 0.264 e. The van der Waals surface area contributed by atoms with Crippen LogP contribution in [0.2, 0.25) is 0 Å². The van der Waals surface area contributed by atoms with Crippen molar-refractivity contribution in [3.05, 3.63) is 58.7 Å². The van der Waals surface area contributed by atoms with Gasteiger partial charge in [-0.25, -0.2) is 0 Å². The molecule has 0 saturated carbocycles. The summed E-state index contributed by atoms with van der Waals surface area (Å²) in [4.78, 5) is 27.8. The lowest BCUT2D eigenvalue weighted by Crippen LogP contribution is -2.22. The fraction of sp³-hybridized carbons (Fsp3) is 0.300. The normalized spacial score (nSPS) is 13.4. The van der Waals surface area contributed by atoms with Crippen molar-refractivity contribution in [1.29, 1.82) is 0 Å². The van der Waals surface area contributed by atoms with Crippen LogP contribution in [0, 0.1) is 0 Å². The Morgan fingerprint density at radius 2 is 1.39 bits per heavy atom. The predicted molar refractivity (Wildman–Crippen MR) is 113 cm³/mol. The molecule has 0 spiro atoms. The average molecular weight is 437 g/mol. The summed E-state index contributed by atoms with van der Waals surface area (Å²) in [6, 6.07) is 10.5. The van der Waals surface area contributed by atoms with Crippen molar-refractivity contribution in [2.24, 2.45) is 0 Å². The van der Waals surface area contributed by atoms with Crippen LogP contribution in [-0.4, -0.2) is 41.8 Å². The highest BCUT2D eigenvalue weighted by Crippen LogP contribution is 2.38. The summed E-state index contributed by atoms with van der Waals surface area (Å²) in [6.45, 7) is 2.06. The largest absolute Gasteiger partial charge is 0.289 e. The second-order valence-corrected chi connectivity index (χ2v) is 10.2. The first-order valence-electron chi connectivity index (χ1n) is 8.89. The van der Waals surface area contributed by atoms with E-state index in [1.54, 1.807) is 42.1 Å². The lowest BCUT2D eigenvalue weighted by atomic mass is 9.84. The van der Waals surface area contributed by atoms with Crippen LogP contribution in [0.15, 0.2) is 46.2 Å². The molecule has 1 aliphatic carbocycles. The van der Waals surface area contributed by atoms with Gasteiger partial charge in [-0.1, -0.05) is 31.2 Å². The first-order valence-corrected chi connectivity index (χ1v) is 12.5. The number of benzene rings is 2.